The molecule has 0 radical (unpaired) electrons. The van der Waals surface area contributed by atoms with Crippen LogP contribution in [0.15, 0.2) is 59.7 Å². The van der Waals surface area contributed by atoms with Gasteiger partial charge in [0.05, 0.1) is 6.10 Å². The predicted molar refractivity (Wildman–Crippen MR) is 293 cm³/mol. The molecule has 14 heteroatoms. The van der Waals surface area contributed by atoms with Crippen molar-refractivity contribution >= 4 is 45.2 Å². The van der Waals surface area contributed by atoms with E-state index in [-0.39, 0.29) is 46.5 Å². The van der Waals surface area contributed by atoms with Gasteiger partial charge in [0.1, 0.15) is 22.4 Å². The van der Waals surface area contributed by atoms with Gasteiger partial charge in [0.15, 0.2) is 17.5 Å². The van der Waals surface area contributed by atoms with Gasteiger partial charge in [-0.3, -0.25) is 14.6 Å². The third-order valence-corrected chi connectivity index (χ3v) is 22.2. The molecule has 4 aliphatic heterocycles. The van der Waals surface area contributed by atoms with Crippen molar-refractivity contribution in [2.45, 2.75) is 197 Å². The number of hydrogen-bond donors (Lipinski definition) is 5. The van der Waals surface area contributed by atoms with Crippen LogP contribution in [0.1, 0.15) is 170 Å². The number of ether oxygens (including phenoxy) is 2. The molecule has 11 rings (SSSR count). The summed E-state index contributed by atoms with van der Waals surface area (Å²) in [7, 11) is 4.04. The largest absolute Gasteiger partial charge is 0.504 e. The number of phenolic OH excluding ortho intramolecular Hbond substituents is 1. The number of amides is 1. The highest BCUT2D eigenvalue weighted by molar-refractivity contribution is 8.77. The average molecular weight is 1040 g/mol. The van der Waals surface area contributed by atoms with Crippen molar-refractivity contribution in [3.05, 3.63) is 82.5 Å². The number of aliphatic imine (C=N–C) groups is 1. The molecule has 2 spiro atoms. The number of nitrogens with one attached hydrogen (secondary N) is 1. The first-order valence-corrected chi connectivity index (χ1v) is 30.5. The van der Waals surface area contributed by atoms with E-state index in [1.165, 1.54) is 51.0 Å². The fourth-order valence-corrected chi connectivity index (χ4v) is 18.9. The number of phenols is 1. The minimum atomic E-state index is -0.806. The number of aliphatic hydroxyl groups is 1. The normalized spacial score (nSPS) is 32.1. The Hall–Kier alpha value is -4.14. The van der Waals surface area contributed by atoms with Crippen LogP contribution in [-0.4, -0.2) is 79.5 Å². The maximum absolute atomic E-state index is 14.5. The lowest BCUT2D eigenvalue weighted by atomic mass is 9.72. The van der Waals surface area contributed by atoms with E-state index >= 15 is 0 Å². The van der Waals surface area contributed by atoms with Crippen LogP contribution in [0.25, 0.3) is 0 Å². The van der Waals surface area contributed by atoms with Crippen molar-refractivity contribution in [2.75, 3.05) is 24.6 Å². The number of anilines is 1. The number of carbonyl (C=O) groups is 2. The molecule has 5 fully saturated rings. The lowest BCUT2D eigenvalue weighted by molar-refractivity contribution is -0.168. The third-order valence-electron chi connectivity index (χ3n) is 18.9. The Morgan fingerprint density at radius 1 is 0.890 bits per heavy atom. The van der Waals surface area contributed by atoms with Crippen molar-refractivity contribution in [3.8, 4) is 11.5 Å². The van der Waals surface area contributed by atoms with Crippen LogP contribution in [0.4, 0.5) is 5.82 Å². The van der Waals surface area contributed by atoms with Crippen LogP contribution >= 0.6 is 21.6 Å². The zero-order valence-corrected chi connectivity index (χ0v) is 45.1. The molecule has 1 saturated heterocycles. The van der Waals surface area contributed by atoms with Crippen molar-refractivity contribution < 1.29 is 29.3 Å². The van der Waals surface area contributed by atoms with E-state index in [0.29, 0.717) is 93.0 Å². The van der Waals surface area contributed by atoms with Gasteiger partial charge in [0.2, 0.25) is 5.91 Å². The van der Waals surface area contributed by atoms with Crippen LogP contribution < -0.4 is 21.5 Å². The van der Waals surface area contributed by atoms with E-state index in [1.807, 2.05) is 38.6 Å². The van der Waals surface area contributed by atoms with Gasteiger partial charge in [0, 0.05) is 73.3 Å². The van der Waals surface area contributed by atoms with Gasteiger partial charge in [-0.2, -0.15) is 0 Å². The number of esters is 1. The third kappa shape index (κ3) is 11.8. The molecule has 8 aliphatic rings. The van der Waals surface area contributed by atoms with Gasteiger partial charge >= 0.3 is 5.97 Å². The van der Waals surface area contributed by atoms with Crippen LogP contribution in [0.3, 0.4) is 0 Å². The van der Waals surface area contributed by atoms with Gasteiger partial charge in [-0.25, -0.2) is 4.98 Å². The molecule has 5 heterocycles. The number of pyridine rings is 1. The molecule has 396 valence electrons. The molecule has 6 bridgehead atoms. The van der Waals surface area contributed by atoms with E-state index in [1.54, 1.807) is 6.20 Å². The Morgan fingerprint density at radius 3 is 2.51 bits per heavy atom. The summed E-state index contributed by atoms with van der Waals surface area (Å²) in [6.07, 6.45) is 24.3. The molecular weight excluding hydrogens is 953 g/mol. The molecule has 7 N–H and O–H groups in total. The topological polar surface area (TPSA) is 186 Å². The molecular formula is C59H82N6O6S2. The Balaban J connectivity index is 0.985. The number of aryl methyl sites for hydroxylation is 2. The van der Waals surface area contributed by atoms with Crippen molar-refractivity contribution in [3.63, 3.8) is 0 Å². The summed E-state index contributed by atoms with van der Waals surface area (Å²) < 4.78 is 13.2. The van der Waals surface area contributed by atoms with E-state index in [0.717, 1.165) is 99.5 Å². The molecule has 0 unspecified atom stereocenters. The summed E-state index contributed by atoms with van der Waals surface area (Å²) in [5.41, 5.74) is 17.3. The first-order valence-electron chi connectivity index (χ1n) is 28.1. The number of aliphatic hydroxyl groups excluding tert-OH is 1. The first-order chi connectivity index (χ1) is 35.3. The molecule has 2 aromatic carbocycles. The monoisotopic (exact) mass is 1030 g/mol. The fraction of sp³-hybridized carbons (Fsp3) is 0.661. The summed E-state index contributed by atoms with van der Waals surface area (Å²) in [6.45, 7) is 2.67. The Labute approximate surface area is 442 Å². The highest BCUT2D eigenvalue weighted by atomic mass is 33.1. The number of carbonyl (C=O) groups excluding carboxylic acids is 2. The van der Waals surface area contributed by atoms with Gasteiger partial charge in [-0.1, -0.05) is 71.2 Å². The quantitative estimate of drug-likeness (QED) is 0.116. The van der Waals surface area contributed by atoms with E-state index in [4.69, 9.17) is 25.9 Å². The van der Waals surface area contributed by atoms with Crippen molar-refractivity contribution in [1.29, 1.82) is 0 Å². The van der Waals surface area contributed by atoms with E-state index < -0.39 is 17.1 Å². The van der Waals surface area contributed by atoms with Gasteiger partial charge in [-0.05, 0) is 181 Å². The number of fused-ring (bicyclic) bond motifs is 14. The number of nitrogen functional groups attached to an aromatic ring is 1. The predicted octanol–water partition coefficient (Wildman–Crippen LogP) is 10.8. The summed E-state index contributed by atoms with van der Waals surface area (Å²) >= 11 is 0. The number of hydrogen-bond acceptors (Lipinski definition) is 13. The highest BCUT2D eigenvalue weighted by Gasteiger charge is 2.57. The Morgan fingerprint density at radius 2 is 1.70 bits per heavy atom. The van der Waals surface area contributed by atoms with Crippen LogP contribution in [-0.2, 0) is 46.6 Å². The molecule has 4 aliphatic carbocycles. The molecule has 1 aromatic heterocycles. The number of nitrogens with two attached hydrogens (primary N) is 2. The molecule has 1 amide bonds. The summed E-state index contributed by atoms with van der Waals surface area (Å²) in [4.78, 5) is 38.5. The molecule has 8 atom stereocenters. The SMILES string of the molecule is CC(=O)O[C@@]12CCc3cc(c(O)c4c3CC[C@H]3CCC[C@H]3O4)CN3C[C@@](Cc4ccnc(N)c4)(CCN=C(N)N[C@@]4(CCCC45CCCC5)SSC[C@H](CCc4ccccc4)CCC[C@H](CC1)[C@H](O)C2)CC3=O. The smallest absolute Gasteiger partial charge is 0.303 e. The molecule has 12 nitrogen and oxygen atoms in total. The van der Waals surface area contributed by atoms with E-state index in [9.17, 15) is 19.8 Å². The number of benzene rings is 2. The lowest BCUT2D eigenvalue weighted by Gasteiger charge is -2.44. The maximum atomic E-state index is 14.5. The standard InChI is InChI=1S/C59H82N6O6S2/c1-40(66)71-58-27-20-44(49(67)35-58)13-7-12-42(17-16-41-10-3-2-4-11-41)38-72-73-59(26-9-25-57(59)23-5-6-24-57)64-55(61)63-31-29-56(34-43-22-30-62-51(60)32-43)36-52(68)65(39-56)37-47-33-46(21-28-58)48-19-18-45-14-8-15-50(45)70-54(48)53(47)69/h2-4,10-11,22,30,32-33,42,44-45,49-50,67,69H,5-9,12-21,23-29,31,34-39H2,1H3,(H2,60,62)(H3,61,63,64)/t42-,44+,45+,49+,50+,56+,58+,59-/m0/s1. The Kier molecular flexibility index (Phi) is 16.2. The van der Waals surface area contributed by atoms with Gasteiger partial charge < -0.3 is 41.4 Å². The van der Waals surface area contributed by atoms with Gasteiger partial charge in [-0.15, -0.1) is 0 Å². The number of aromatic nitrogens is 1. The lowest BCUT2D eigenvalue weighted by Crippen LogP contribution is -2.55. The summed E-state index contributed by atoms with van der Waals surface area (Å²) in [6, 6.07) is 16.9. The highest BCUT2D eigenvalue weighted by Crippen LogP contribution is 2.63. The second-order valence-electron chi connectivity index (χ2n) is 23.8. The van der Waals surface area contributed by atoms with Crippen LogP contribution in [0.2, 0.25) is 0 Å². The maximum Gasteiger partial charge on any atom is 0.303 e. The average Bonchev–Trinajstić information content (AvgIpc) is 4.14. The van der Waals surface area contributed by atoms with Crippen molar-refractivity contribution in [1.82, 2.24) is 15.2 Å². The van der Waals surface area contributed by atoms with Crippen LogP contribution in [0.5, 0.6) is 11.5 Å². The van der Waals surface area contributed by atoms with E-state index in [2.05, 4.69) is 46.7 Å². The second-order valence-corrected chi connectivity index (χ2v) is 26.4. The minimum Gasteiger partial charge on any atom is -0.504 e. The molecule has 4 saturated carbocycles. The minimum absolute atomic E-state index is 0.0327. The Bertz CT molecular complexity index is 2450. The number of guanidine groups is 1. The molecule has 73 heavy (non-hydrogen) atoms. The zero-order valence-electron chi connectivity index (χ0n) is 43.4. The molecule has 3 aromatic rings. The fourth-order valence-electron chi connectivity index (χ4n) is 15.0. The zero-order chi connectivity index (χ0) is 50.6. The van der Waals surface area contributed by atoms with Gasteiger partial charge in [0.25, 0.3) is 0 Å². The summed E-state index contributed by atoms with van der Waals surface area (Å²) in [5.74, 6) is 3.44. The number of rotatable bonds is 6. The summed E-state index contributed by atoms with van der Waals surface area (Å²) in [5, 5.41) is 28.3. The number of aromatic hydroxyl groups is 1. The second kappa shape index (κ2) is 22.6. The van der Waals surface area contributed by atoms with Crippen molar-refractivity contribution in [2.24, 2.45) is 39.3 Å². The van der Waals surface area contributed by atoms with Crippen LogP contribution in [0, 0.1) is 28.6 Å². The number of nitrogens with zero attached hydrogens (tertiary/aromatic N) is 3. The first kappa shape index (κ1) is 52.3.